The van der Waals surface area contributed by atoms with Crippen molar-refractivity contribution in [2.24, 2.45) is 18.7 Å². The van der Waals surface area contributed by atoms with Crippen molar-refractivity contribution in [2.45, 2.75) is 38.0 Å². The van der Waals surface area contributed by atoms with Crippen LogP contribution in [0, 0.1) is 11.7 Å². The molecular weight excluding hydrogens is 552 g/mol. The van der Waals surface area contributed by atoms with Crippen LogP contribution in [0.4, 0.5) is 8.78 Å². The molecule has 2 aliphatic rings. The molecule has 1 saturated heterocycles. The Morgan fingerprint density at radius 3 is 2.70 bits per heavy atom. The van der Waals surface area contributed by atoms with Crippen LogP contribution in [0.2, 0.25) is 0 Å². The van der Waals surface area contributed by atoms with E-state index < -0.39 is 18.0 Å². The second-order valence-electron chi connectivity index (χ2n) is 11.8. The maximum atomic E-state index is 14.8. The van der Waals surface area contributed by atoms with Gasteiger partial charge in [-0.2, -0.15) is 0 Å². The lowest BCUT2D eigenvalue weighted by Crippen LogP contribution is -2.50. The Morgan fingerprint density at radius 2 is 1.95 bits per heavy atom. The van der Waals surface area contributed by atoms with Gasteiger partial charge < -0.3 is 29.6 Å². The number of ether oxygens (including phenoxy) is 1. The number of aromatic nitrogens is 3. The highest BCUT2D eigenvalue weighted by atomic mass is 19.1. The summed E-state index contributed by atoms with van der Waals surface area (Å²) in [5.74, 6) is 0.392. The number of hydrogen-bond acceptors (Lipinski definition) is 5. The van der Waals surface area contributed by atoms with Gasteiger partial charge in [-0.05, 0) is 61.1 Å². The summed E-state index contributed by atoms with van der Waals surface area (Å²) < 4.78 is 39.0. The van der Waals surface area contributed by atoms with Crippen LogP contribution in [0.1, 0.15) is 29.6 Å². The van der Waals surface area contributed by atoms with Crippen LogP contribution in [-0.4, -0.2) is 62.4 Å². The maximum Gasteiger partial charge on any atom is 0.254 e. The summed E-state index contributed by atoms with van der Waals surface area (Å²) in [5, 5.41) is 10.9. The standard InChI is InChI=1S/C33H33F2N5O3/c1-38-31-25(10-21(13-29(31)43-2)33(42)39-16-22(34)14-23(36)17-39)37-32(38)27-12-20-9-8-19(24-4-3-5-28(41)30(24)35)11-26(20)40(27)15-18-6-7-18/h3-5,8-13,18,22-23,41H,6-7,14-17,36H2,1-2H3/t22-,23-/m1/s1. The van der Waals surface area contributed by atoms with Gasteiger partial charge >= 0.3 is 0 Å². The third-order valence-electron chi connectivity index (χ3n) is 8.68. The molecular formula is C33H33F2N5O3. The van der Waals surface area contributed by atoms with E-state index in [1.54, 1.807) is 31.4 Å². The third-order valence-corrected chi connectivity index (χ3v) is 8.68. The summed E-state index contributed by atoms with van der Waals surface area (Å²) in [4.78, 5) is 19.9. The molecule has 1 saturated carbocycles. The quantitative estimate of drug-likeness (QED) is 0.269. The lowest BCUT2D eigenvalue weighted by atomic mass is 10.0. The normalized spacial score (nSPS) is 19.0. The summed E-state index contributed by atoms with van der Waals surface area (Å²) in [6.45, 7) is 1.09. The van der Waals surface area contributed by atoms with Crippen molar-refractivity contribution in [1.29, 1.82) is 0 Å². The van der Waals surface area contributed by atoms with Gasteiger partial charge in [-0.15, -0.1) is 0 Å². The maximum absolute atomic E-state index is 14.8. The van der Waals surface area contributed by atoms with E-state index in [-0.39, 0.29) is 24.6 Å². The Bertz CT molecular complexity index is 1880. The molecule has 43 heavy (non-hydrogen) atoms. The molecule has 7 rings (SSSR count). The number of imidazole rings is 1. The number of carbonyl (C=O) groups excluding carboxylic acids is 1. The van der Waals surface area contributed by atoms with Gasteiger partial charge in [0.25, 0.3) is 5.91 Å². The van der Waals surface area contributed by atoms with Crippen molar-refractivity contribution in [3.05, 3.63) is 66.0 Å². The molecule has 0 unspecified atom stereocenters. The summed E-state index contributed by atoms with van der Waals surface area (Å²) >= 11 is 0. The molecule has 2 fully saturated rings. The highest BCUT2D eigenvalue weighted by Gasteiger charge is 2.30. The molecule has 1 aliphatic carbocycles. The number of amides is 1. The molecule has 3 aromatic carbocycles. The van der Waals surface area contributed by atoms with Crippen LogP contribution in [0.5, 0.6) is 11.5 Å². The molecule has 1 amide bonds. The Morgan fingerprint density at radius 1 is 1.14 bits per heavy atom. The minimum atomic E-state index is -1.15. The predicted molar refractivity (Wildman–Crippen MR) is 161 cm³/mol. The molecule has 0 spiro atoms. The minimum Gasteiger partial charge on any atom is -0.505 e. The second-order valence-corrected chi connectivity index (χ2v) is 11.8. The molecule has 222 valence electrons. The number of alkyl halides is 1. The zero-order chi connectivity index (χ0) is 30.0. The van der Waals surface area contributed by atoms with Crippen molar-refractivity contribution < 1.29 is 23.4 Å². The van der Waals surface area contributed by atoms with E-state index in [1.165, 1.54) is 11.0 Å². The summed E-state index contributed by atoms with van der Waals surface area (Å²) in [7, 11) is 3.47. The second kappa shape index (κ2) is 10.4. The van der Waals surface area contributed by atoms with E-state index in [4.69, 9.17) is 15.5 Å². The number of likely N-dealkylation sites (tertiary alicyclic amines) is 1. The summed E-state index contributed by atoms with van der Waals surface area (Å²) in [6, 6.07) is 15.5. The number of fused-ring (bicyclic) bond motifs is 2. The molecule has 10 heteroatoms. The fourth-order valence-corrected chi connectivity index (χ4v) is 6.35. The molecule has 2 aromatic heterocycles. The minimum absolute atomic E-state index is 0.0100. The first-order chi connectivity index (χ1) is 20.7. The van der Waals surface area contributed by atoms with E-state index in [0.717, 1.165) is 41.5 Å². The van der Waals surface area contributed by atoms with Crippen LogP contribution in [0.25, 0.3) is 44.6 Å². The van der Waals surface area contributed by atoms with Crippen molar-refractivity contribution in [3.8, 4) is 34.1 Å². The molecule has 2 atom stereocenters. The van der Waals surface area contributed by atoms with E-state index in [9.17, 15) is 18.7 Å². The number of nitrogens with two attached hydrogens (primary N) is 1. The van der Waals surface area contributed by atoms with Crippen LogP contribution in [0.15, 0.2) is 54.6 Å². The van der Waals surface area contributed by atoms with Gasteiger partial charge in [0.2, 0.25) is 0 Å². The number of rotatable bonds is 6. The van der Waals surface area contributed by atoms with Gasteiger partial charge in [0.1, 0.15) is 17.4 Å². The number of benzene rings is 3. The average molecular weight is 586 g/mol. The molecule has 0 bridgehead atoms. The number of piperidine rings is 1. The predicted octanol–water partition coefficient (Wildman–Crippen LogP) is 5.64. The van der Waals surface area contributed by atoms with Crippen molar-refractivity contribution in [3.63, 3.8) is 0 Å². The largest absolute Gasteiger partial charge is 0.505 e. The molecule has 3 N–H and O–H groups in total. The van der Waals surface area contributed by atoms with Gasteiger partial charge in [-0.3, -0.25) is 4.79 Å². The van der Waals surface area contributed by atoms with Gasteiger partial charge in [0, 0.05) is 48.2 Å². The molecule has 5 aromatic rings. The van der Waals surface area contributed by atoms with Crippen molar-refractivity contribution in [1.82, 2.24) is 19.0 Å². The Balaban J connectivity index is 1.35. The highest BCUT2D eigenvalue weighted by Crippen LogP contribution is 2.39. The van der Waals surface area contributed by atoms with Gasteiger partial charge in [-0.1, -0.05) is 24.3 Å². The molecule has 3 heterocycles. The van der Waals surface area contributed by atoms with Crippen molar-refractivity contribution >= 4 is 27.8 Å². The number of aromatic hydroxyl groups is 1. The Kier molecular flexibility index (Phi) is 6.61. The first kappa shape index (κ1) is 27.4. The fraction of sp³-hybridized carbons (Fsp3) is 0.333. The van der Waals surface area contributed by atoms with Crippen LogP contribution < -0.4 is 10.5 Å². The van der Waals surface area contributed by atoms with Gasteiger partial charge in [-0.25, -0.2) is 13.8 Å². The zero-order valence-electron chi connectivity index (χ0n) is 24.1. The lowest BCUT2D eigenvalue weighted by Gasteiger charge is -2.33. The summed E-state index contributed by atoms with van der Waals surface area (Å²) in [6.07, 6.45) is 1.37. The van der Waals surface area contributed by atoms with Crippen LogP contribution >= 0.6 is 0 Å². The van der Waals surface area contributed by atoms with E-state index in [1.807, 2.05) is 29.8 Å². The third kappa shape index (κ3) is 4.79. The smallest absolute Gasteiger partial charge is 0.254 e. The first-order valence-corrected chi connectivity index (χ1v) is 14.6. The van der Waals surface area contributed by atoms with Crippen LogP contribution in [-0.2, 0) is 13.6 Å². The highest BCUT2D eigenvalue weighted by molar-refractivity contribution is 6.00. The van der Waals surface area contributed by atoms with E-state index >= 15 is 0 Å². The molecule has 8 nitrogen and oxygen atoms in total. The molecule has 1 aliphatic heterocycles. The Labute approximate surface area is 247 Å². The number of nitrogens with zero attached hydrogens (tertiary/aromatic N) is 4. The number of hydrogen-bond donors (Lipinski definition) is 2. The topological polar surface area (TPSA) is 98.5 Å². The summed E-state index contributed by atoms with van der Waals surface area (Å²) in [5.41, 5.74) is 10.5. The van der Waals surface area contributed by atoms with E-state index in [2.05, 4.69) is 10.6 Å². The monoisotopic (exact) mass is 585 g/mol. The number of carbonyl (C=O) groups is 1. The van der Waals surface area contributed by atoms with Gasteiger partial charge in [0.05, 0.1) is 24.9 Å². The lowest BCUT2D eigenvalue weighted by molar-refractivity contribution is 0.0606. The fourth-order valence-electron chi connectivity index (χ4n) is 6.35. The van der Waals surface area contributed by atoms with Crippen LogP contribution in [0.3, 0.4) is 0 Å². The number of methoxy groups -OCH3 is 1. The van der Waals surface area contributed by atoms with Gasteiger partial charge in [0.15, 0.2) is 17.4 Å². The first-order valence-electron chi connectivity index (χ1n) is 14.6. The number of halogens is 2. The number of aryl methyl sites for hydroxylation is 1. The number of phenolic OH excluding ortho intramolecular Hbond substituents is 1. The zero-order valence-corrected chi connectivity index (χ0v) is 24.1. The van der Waals surface area contributed by atoms with Crippen molar-refractivity contribution in [2.75, 3.05) is 20.2 Å². The Hall–Kier alpha value is -4.44. The average Bonchev–Trinajstić information content (AvgIpc) is 3.66. The SMILES string of the molecule is COc1cc(C(=O)N2C[C@H](N)C[C@@H](F)C2)cc2nc(-c3cc4ccc(-c5cccc(O)c5F)cc4n3CC3CC3)n(C)c12. The van der Waals surface area contributed by atoms with E-state index in [0.29, 0.717) is 46.2 Å². The number of phenols is 1. The molecule has 0 radical (unpaired) electrons.